The zero-order chi connectivity index (χ0) is 25.9. The lowest BCUT2D eigenvalue weighted by atomic mass is 9.85. The number of carbonyl (C=O) groups is 1. The second-order valence-corrected chi connectivity index (χ2v) is 10.1. The van der Waals surface area contributed by atoms with Crippen molar-refractivity contribution in [3.05, 3.63) is 58.7 Å². The van der Waals surface area contributed by atoms with E-state index < -0.39 is 28.3 Å². The quantitative estimate of drug-likeness (QED) is 0.521. The third kappa shape index (κ3) is 4.01. The highest BCUT2D eigenvalue weighted by atomic mass is 19.3. The van der Waals surface area contributed by atoms with Gasteiger partial charge >= 0.3 is 5.92 Å². The van der Waals surface area contributed by atoms with Crippen LogP contribution in [-0.2, 0) is 22.6 Å². The van der Waals surface area contributed by atoms with E-state index in [-0.39, 0.29) is 24.4 Å². The summed E-state index contributed by atoms with van der Waals surface area (Å²) in [7, 11) is 1.74. The van der Waals surface area contributed by atoms with E-state index in [1.165, 1.54) is 12.1 Å². The number of halogens is 3. The summed E-state index contributed by atoms with van der Waals surface area (Å²) in [6.45, 7) is 7.60. The van der Waals surface area contributed by atoms with Crippen LogP contribution in [0.3, 0.4) is 0 Å². The van der Waals surface area contributed by atoms with Crippen LogP contribution < -0.4 is 10.2 Å². The first-order valence-electron chi connectivity index (χ1n) is 11.4. The average molecular weight is 487 g/mol. The molecule has 0 atom stereocenters. The number of hydrogen-bond donors (Lipinski definition) is 2. The van der Waals surface area contributed by atoms with Gasteiger partial charge in [0.1, 0.15) is 23.1 Å². The number of alkyl halides is 2. The van der Waals surface area contributed by atoms with E-state index in [1.807, 2.05) is 26.0 Å². The van der Waals surface area contributed by atoms with E-state index >= 15 is 0 Å². The molecule has 2 heterocycles. The maximum absolute atomic E-state index is 15.0. The number of anilines is 2. The standard InChI is InChI=1S/C26H29F3N4O2/c1-14-31-19-13-20-18(24(2,3)23(34)33(20)6)12-16(19)22(32-14)30-11-10-15-8-7-9-17(21(15)27)26(28,29)25(4,5)35/h7-9,12-13,35H,10-11H2,1-6H3,(H,30,31,32). The van der Waals surface area contributed by atoms with Crippen molar-refractivity contribution in [2.75, 3.05) is 23.8 Å². The molecule has 6 nitrogen and oxygen atoms in total. The van der Waals surface area contributed by atoms with Crippen molar-refractivity contribution in [1.29, 1.82) is 0 Å². The molecule has 0 bridgehead atoms. The lowest BCUT2D eigenvalue weighted by Crippen LogP contribution is -2.41. The van der Waals surface area contributed by atoms with Gasteiger partial charge in [-0.05, 0) is 70.4 Å². The summed E-state index contributed by atoms with van der Waals surface area (Å²) >= 11 is 0. The number of aryl methyl sites for hydroxylation is 1. The van der Waals surface area contributed by atoms with Gasteiger partial charge in [-0.3, -0.25) is 4.79 Å². The Balaban J connectivity index is 1.64. The lowest BCUT2D eigenvalue weighted by molar-refractivity contribution is -0.170. The summed E-state index contributed by atoms with van der Waals surface area (Å²) in [6, 6.07) is 7.56. The molecule has 0 fully saturated rings. The number of carbonyl (C=O) groups excluding carboxylic acids is 1. The van der Waals surface area contributed by atoms with Crippen LogP contribution >= 0.6 is 0 Å². The Labute approximate surface area is 202 Å². The molecule has 2 N–H and O–H groups in total. The second-order valence-electron chi connectivity index (χ2n) is 10.1. The highest BCUT2D eigenvalue weighted by Gasteiger charge is 2.49. The molecule has 0 radical (unpaired) electrons. The summed E-state index contributed by atoms with van der Waals surface area (Å²) in [6.07, 6.45) is 0.115. The Morgan fingerprint density at radius 2 is 1.86 bits per heavy atom. The van der Waals surface area contributed by atoms with Crippen molar-refractivity contribution >= 4 is 28.3 Å². The van der Waals surface area contributed by atoms with Crippen molar-refractivity contribution in [2.24, 2.45) is 0 Å². The Bertz CT molecular complexity index is 1330. The number of amides is 1. The first-order chi connectivity index (χ1) is 16.2. The molecule has 2 aromatic carbocycles. The molecule has 9 heteroatoms. The Morgan fingerprint density at radius 1 is 1.17 bits per heavy atom. The molecule has 1 aliphatic heterocycles. The lowest BCUT2D eigenvalue weighted by Gasteiger charge is -2.30. The van der Waals surface area contributed by atoms with Crippen LogP contribution in [0.2, 0.25) is 0 Å². The zero-order valence-corrected chi connectivity index (χ0v) is 20.6. The highest BCUT2D eigenvalue weighted by Crippen LogP contribution is 2.43. The van der Waals surface area contributed by atoms with Crippen molar-refractivity contribution in [2.45, 2.75) is 58.0 Å². The van der Waals surface area contributed by atoms with Gasteiger partial charge in [0.05, 0.1) is 16.5 Å². The Hall–Kier alpha value is -3.20. The molecular formula is C26H29F3N4O2. The number of hydrogen-bond acceptors (Lipinski definition) is 5. The number of nitrogens with zero attached hydrogens (tertiary/aromatic N) is 3. The maximum atomic E-state index is 15.0. The van der Waals surface area contributed by atoms with Crippen molar-refractivity contribution in [3.8, 4) is 0 Å². The molecule has 0 spiro atoms. The fraction of sp³-hybridized carbons (Fsp3) is 0.423. The van der Waals surface area contributed by atoms with E-state index in [1.54, 1.807) is 18.9 Å². The van der Waals surface area contributed by atoms with Crippen molar-refractivity contribution in [3.63, 3.8) is 0 Å². The van der Waals surface area contributed by atoms with Gasteiger partial charge in [0, 0.05) is 24.7 Å². The summed E-state index contributed by atoms with van der Waals surface area (Å²) in [5.41, 5.74) is -1.53. The Kier molecular flexibility index (Phi) is 5.83. The minimum absolute atomic E-state index is 0.0137. The first-order valence-corrected chi connectivity index (χ1v) is 11.4. The molecule has 0 unspecified atom stereocenters. The molecule has 1 aromatic heterocycles. The van der Waals surface area contributed by atoms with Crippen LogP contribution in [-0.4, -0.2) is 40.2 Å². The van der Waals surface area contributed by atoms with Crippen LogP contribution in [0, 0.1) is 12.7 Å². The summed E-state index contributed by atoms with van der Waals surface area (Å²) in [5.74, 6) is -3.76. The number of nitrogens with one attached hydrogen (secondary N) is 1. The molecule has 186 valence electrons. The zero-order valence-electron chi connectivity index (χ0n) is 20.6. The van der Waals surface area contributed by atoms with E-state index in [2.05, 4.69) is 15.3 Å². The molecule has 1 aliphatic rings. The average Bonchev–Trinajstić information content (AvgIpc) is 2.92. The second kappa shape index (κ2) is 8.19. The van der Waals surface area contributed by atoms with Crippen LogP contribution in [0.1, 0.15) is 50.2 Å². The number of fused-ring (bicyclic) bond motifs is 2. The van der Waals surface area contributed by atoms with Crippen LogP contribution in [0.5, 0.6) is 0 Å². The predicted octanol–water partition coefficient (Wildman–Crippen LogP) is 4.85. The summed E-state index contributed by atoms with van der Waals surface area (Å²) < 4.78 is 44.1. The molecular weight excluding hydrogens is 457 g/mol. The molecule has 3 aromatic rings. The van der Waals surface area contributed by atoms with Gasteiger partial charge < -0.3 is 15.3 Å². The monoisotopic (exact) mass is 486 g/mol. The van der Waals surface area contributed by atoms with Crippen LogP contribution in [0.4, 0.5) is 24.7 Å². The number of rotatable bonds is 6. The molecule has 4 rings (SSSR count). The SMILES string of the molecule is Cc1nc(NCCc2cccc(C(F)(F)C(C)(C)O)c2F)c2cc3c(cc2n1)N(C)C(=O)C3(C)C. The van der Waals surface area contributed by atoms with Gasteiger partial charge in [-0.15, -0.1) is 0 Å². The maximum Gasteiger partial charge on any atom is 0.303 e. The van der Waals surface area contributed by atoms with E-state index in [9.17, 15) is 23.1 Å². The fourth-order valence-corrected chi connectivity index (χ4v) is 4.50. The van der Waals surface area contributed by atoms with Gasteiger partial charge in [0.25, 0.3) is 0 Å². The third-order valence-corrected chi connectivity index (χ3v) is 6.67. The normalized spacial score (nSPS) is 15.6. The topological polar surface area (TPSA) is 78.4 Å². The van der Waals surface area contributed by atoms with Crippen LogP contribution in [0.15, 0.2) is 30.3 Å². The molecule has 1 amide bonds. The molecule has 0 saturated heterocycles. The smallest absolute Gasteiger partial charge is 0.303 e. The molecule has 0 saturated carbocycles. The van der Waals surface area contributed by atoms with Crippen molar-refractivity contribution in [1.82, 2.24) is 9.97 Å². The number of aromatic nitrogens is 2. The van der Waals surface area contributed by atoms with E-state index in [4.69, 9.17) is 0 Å². The first kappa shape index (κ1) is 24.9. The summed E-state index contributed by atoms with van der Waals surface area (Å²) in [4.78, 5) is 23.3. The van der Waals surface area contributed by atoms with Gasteiger partial charge in [-0.25, -0.2) is 14.4 Å². The minimum atomic E-state index is -3.75. The number of aliphatic hydroxyl groups is 1. The Morgan fingerprint density at radius 3 is 2.51 bits per heavy atom. The van der Waals surface area contributed by atoms with Crippen molar-refractivity contribution < 1.29 is 23.1 Å². The highest BCUT2D eigenvalue weighted by molar-refractivity contribution is 6.10. The molecule has 0 aliphatic carbocycles. The van der Waals surface area contributed by atoms with Gasteiger partial charge in [-0.1, -0.05) is 12.1 Å². The number of likely N-dealkylation sites (N-methyl/N-ethyl adjacent to an activating group) is 1. The minimum Gasteiger partial charge on any atom is -0.384 e. The predicted molar refractivity (Wildman–Crippen MR) is 129 cm³/mol. The molecule has 35 heavy (non-hydrogen) atoms. The van der Waals surface area contributed by atoms with Gasteiger partial charge in [0.15, 0.2) is 0 Å². The number of benzene rings is 2. The van der Waals surface area contributed by atoms with E-state index in [0.717, 1.165) is 31.2 Å². The van der Waals surface area contributed by atoms with Gasteiger partial charge in [-0.2, -0.15) is 8.78 Å². The van der Waals surface area contributed by atoms with E-state index in [0.29, 0.717) is 22.5 Å². The fourth-order valence-electron chi connectivity index (χ4n) is 4.50. The van der Waals surface area contributed by atoms with Gasteiger partial charge in [0.2, 0.25) is 5.91 Å². The van der Waals surface area contributed by atoms with Crippen LogP contribution in [0.25, 0.3) is 10.9 Å². The third-order valence-electron chi connectivity index (χ3n) is 6.67. The largest absolute Gasteiger partial charge is 0.384 e. The summed E-state index contributed by atoms with van der Waals surface area (Å²) in [5, 5.41) is 13.7.